The van der Waals surface area contributed by atoms with Gasteiger partial charge >= 0.3 is 0 Å². The third kappa shape index (κ3) is 5.01. The fourth-order valence-corrected chi connectivity index (χ4v) is 2.66. The molecule has 0 aromatic heterocycles. The fraction of sp³-hybridized carbons (Fsp3) is 0.182. The van der Waals surface area contributed by atoms with Crippen LogP contribution in [0.4, 0.5) is 0 Å². The number of nitrogens with zero attached hydrogens (tertiary/aromatic N) is 1. The van der Waals surface area contributed by atoms with Crippen LogP contribution in [0.2, 0.25) is 0 Å². The lowest BCUT2D eigenvalue weighted by molar-refractivity contribution is -0.123. The molecular formula is C22H22N2O4. The molecule has 28 heavy (non-hydrogen) atoms. The zero-order valence-electron chi connectivity index (χ0n) is 15.8. The molecule has 1 amide bonds. The number of carbonyl (C=O) groups excluding carboxylic acids is 1. The fourth-order valence-electron chi connectivity index (χ4n) is 2.66. The number of carbonyl (C=O) groups is 1. The minimum absolute atomic E-state index is 0.123. The first kappa shape index (κ1) is 19.2. The standard InChI is InChI=1S/C22H22N2O4/c1-3-27-20-11-8-16(12-21(20)26-2)14-23-24-22(25)15-28-19-10-9-17-6-4-5-7-18(17)13-19/h4-14H,3,15H2,1-2H3,(H,24,25)/b23-14+. The second-order valence-electron chi connectivity index (χ2n) is 5.93. The van der Waals surface area contributed by atoms with Crippen molar-refractivity contribution in [1.29, 1.82) is 0 Å². The maximum absolute atomic E-state index is 11.9. The number of ether oxygens (including phenoxy) is 3. The summed E-state index contributed by atoms with van der Waals surface area (Å²) in [6.45, 7) is 2.34. The van der Waals surface area contributed by atoms with Crippen molar-refractivity contribution in [3.05, 3.63) is 66.2 Å². The summed E-state index contributed by atoms with van der Waals surface area (Å²) in [5.74, 6) is 1.56. The van der Waals surface area contributed by atoms with E-state index in [-0.39, 0.29) is 12.5 Å². The van der Waals surface area contributed by atoms with Gasteiger partial charge in [-0.25, -0.2) is 5.43 Å². The molecule has 0 aliphatic heterocycles. The number of amides is 1. The van der Waals surface area contributed by atoms with Crippen LogP contribution >= 0.6 is 0 Å². The second kappa shape index (κ2) is 9.41. The average Bonchev–Trinajstić information content (AvgIpc) is 2.73. The van der Waals surface area contributed by atoms with Crippen LogP contribution < -0.4 is 19.6 Å². The lowest BCUT2D eigenvalue weighted by atomic mass is 10.1. The minimum atomic E-state index is -0.345. The normalized spacial score (nSPS) is 10.8. The topological polar surface area (TPSA) is 69.2 Å². The Labute approximate surface area is 163 Å². The monoisotopic (exact) mass is 378 g/mol. The first-order chi connectivity index (χ1) is 13.7. The molecular weight excluding hydrogens is 356 g/mol. The van der Waals surface area contributed by atoms with Crippen molar-refractivity contribution in [3.63, 3.8) is 0 Å². The predicted molar refractivity (Wildman–Crippen MR) is 109 cm³/mol. The number of methoxy groups -OCH3 is 1. The summed E-state index contributed by atoms with van der Waals surface area (Å²) in [7, 11) is 1.57. The van der Waals surface area contributed by atoms with Crippen LogP contribution in [0.1, 0.15) is 12.5 Å². The van der Waals surface area contributed by atoms with Crippen molar-refractivity contribution >= 4 is 22.9 Å². The Morgan fingerprint density at radius 1 is 1.00 bits per heavy atom. The van der Waals surface area contributed by atoms with Crippen LogP contribution in [-0.4, -0.2) is 32.4 Å². The number of fused-ring (bicyclic) bond motifs is 1. The molecule has 0 fully saturated rings. The number of hydrogen-bond donors (Lipinski definition) is 1. The number of rotatable bonds is 8. The lowest BCUT2D eigenvalue weighted by Crippen LogP contribution is -2.24. The van der Waals surface area contributed by atoms with Crippen molar-refractivity contribution in [2.45, 2.75) is 6.92 Å². The van der Waals surface area contributed by atoms with E-state index in [4.69, 9.17) is 14.2 Å². The molecule has 0 saturated heterocycles. The average molecular weight is 378 g/mol. The van der Waals surface area contributed by atoms with Gasteiger partial charge in [-0.1, -0.05) is 30.3 Å². The van der Waals surface area contributed by atoms with E-state index in [0.29, 0.717) is 23.9 Å². The number of benzene rings is 3. The van der Waals surface area contributed by atoms with Gasteiger partial charge in [-0.2, -0.15) is 5.10 Å². The second-order valence-corrected chi connectivity index (χ2v) is 5.93. The van der Waals surface area contributed by atoms with Gasteiger partial charge in [-0.3, -0.25) is 4.79 Å². The molecule has 0 aliphatic carbocycles. The molecule has 3 rings (SSSR count). The number of hydrogen-bond acceptors (Lipinski definition) is 5. The molecule has 0 bridgehead atoms. The van der Waals surface area contributed by atoms with E-state index in [1.807, 2.05) is 55.5 Å². The molecule has 3 aromatic rings. The van der Waals surface area contributed by atoms with E-state index in [1.54, 1.807) is 19.2 Å². The van der Waals surface area contributed by atoms with Crippen LogP contribution in [0.25, 0.3) is 10.8 Å². The molecule has 0 radical (unpaired) electrons. The number of hydrazone groups is 1. The molecule has 0 heterocycles. The molecule has 1 N–H and O–H groups in total. The van der Waals surface area contributed by atoms with Crippen LogP contribution in [0, 0.1) is 0 Å². The van der Waals surface area contributed by atoms with Crippen molar-refractivity contribution in [2.24, 2.45) is 5.10 Å². The van der Waals surface area contributed by atoms with Gasteiger partial charge in [0.1, 0.15) is 5.75 Å². The molecule has 0 aliphatic rings. The van der Waals surface area contributed by atoms with Gasteiger partial charge in [-0.05, 0) is 53.6 Å². The Bertz CT molecular complexity index is 985. The molecule has 6 heteroatoms. The van der Waals surface area contributed by atoms with Gasteiger partial charge in [0, 0.05) is 0 Å². The van der Waals surface area contributed by atoms with Crippen molar-refractivity contribution in [3.8, 4) is 17.2 Å². The summed E-state index contributed by atoms with van der Waals surface area (Å²) in [4.78, 5) is 11.9. The van der Waals surface area contributed by atoms with Gasteiger partial charge in [0.15, 0.2) is 18.1 Å². The highest BCUT2D eigenvalue weighted by Crippen LogP contribution is 2.27. The Morgan fingerprint density at radius 2 is 1.82 bits per heavy atom. The molecule has 0 unspecified atom stereocenters. The molecule has 0 spiro atoms. The van der Waals surface area contributed by atoms with Crippen molar-refractivity contribution in [1.82, 2.24) is 5.43 Å². The third-order valence-corrected chi connectivity index (χ3v) is 3.98. The smallest absolute Gasteiger partial charge is 0.277 e. The summed E-state index contributed by atoms with van der Waals surface area (Å²) in [6, 6.07) is 19.1. The molecule has 0 saturated carbocycles. The number of nitrogens with one attached hydrogen (secondary N) is 1. The predicted octanol–water partition coefficient (Wildman–Crippen LogP) is 3.78. The van der Waals surface area contributed by atoms with Gasteiger partial charge in [-0.15, -0.1) is 0 Å². The quantitative estimate of drug-likeness (QED) is 0.478. The Hall–Kier alpha value is -3.54. The molecule has 144 valence electrons. The van der Waals surface area contributed by atoms with Gasteiger partial charge in [0.25, 0.3) is 5.91 Å². The lowest BCUT2D eigenvalue weighted by Gasteiger charge is -2.09. The maximum atomic E-state index is 11.9. The molecule has 0 atom stereocenters. The summed E-state index contributed by atoms with van der Waals surface area (Å²) < 4.78 is 16.3. The first-order valence-electron chi connectivity index (χ1n) is 8.94. The SMILES string of the molecule is CCOc1ccc(/C=N/NC(=O)COc2ccc3ccccc3c2)cc1OC. The largest absolute Gasteiger partial charge is 0.493 e. The van der Waals surface area contributed by atoms with E-state index in [1.165, 1.54) is 6.21 Å². The zero-order valence-corrected chi connectivity index (χ0v) is 15.8. The molecule has 3 aromatic carbocycles. The van der Waals surface area contributed by atoms with Crippen LogP contribution in [0.3, 0.4) is 0 Å². The van der Waals surface area contributed by atoms with Crippen LogP contribution in [0.15, 0.2) is 65.8 Å². The highest BCUT2D eigenvalue weighted by molar-refractivity contribution is 5.85. The van der Waals surface area contributed by atoms with E-state index >= 15 is 0 Å². The van der Waals surface area contributed by atoms with Gasteiger partial charge in [0.2, 0.25) is 0 Å². The minimum Gasteiger partial charge on any atom is -0.493 e. The van der Waals surface area contributed by atoms with Crippen molar-refractivity contribution in [2.75, 3.05) is 20.3 Å². The van der Waals surface area contributed by atoms with Crippen molar-refractivity contribution < 1.29 is 19.0 Å². The van der Waals surface area contributed by atoms with Crippen LogP contribution in [-0.2, 0) is 4.79 Å². The Kier molecular flexibility index (Phi) is 6.46. The van der Waals surface area contributed by atoms with Gasteiger partial charge < -0.3 is 14.2 Å². The summed E-state index contributed by atoms with van der Waals surface area (Å²) >= 11 is 0. The van der Waals surface area contributed by atoms with E-state index in [9.17, 15) is 4.79 Å². The summed E-state index contributed by atoms with van der Waals surface area (Å²) in [5, 5.41) is 6.13. The zero-order chi connectivity index (χ0) is 19.8. The summed E-state index contributed by atoms with van der Waals surface area (Å²) in [6.07, 6.45) is 1.53. The van der Waals surface area contributed by atoms with E-state index in [0.717, 1.165) is 16.3 Å². The van der Waals surface area contributed by atoms with E-state index < -0.39 is 0 Å². The molecule has 6 nitrogen and oxygen atoms in total. The van der Waals surface area contributed by atoms with Crippen LogP contribution in [0.5, 0.6) is 17.2 Å². The van der Waals surface area contributed by atoms with E-state index in [2.05, 4.69) is 10.5 Å². The third-order valence-electron chi connectivity index (χ3n) is 3.98. The highest BCUT2D eigenvalue weighted by atomic mass is 16.5. The first-order valence-corrected chi connectivity index (χ1v) is 8.94. The highest BCUT2D eigenvalue weighted by Gasteiger charge is 2.05. The Morgan fingerprint density at radius 3 is 2.61 bits per heavy atom. The summed E-state index contributed by atoms with van der Waals surface area (Å²) in [5.41, 5.74) is 3.22. The maximum Gasteiger partial charge on any atom is 0.277 e. The Balaban J connectivity index is 1.53. The van der Waals surface area contributed by atoms with Gasteiger partial charge in [0.05, 0.1) is 19.9 Å².